The molecular weight excluding hydrogens is 218 g/mol. The average molecular weight is 227 g/mol. The number of hydrogen-bond acceptors (Lipinski definition) is 2. The van der Waals surface area contributed by atoms with Crippen molar-refractivity contribution in [3.05, 3.63) is 53.4 Å². The zero-order valence-electron chi connectivity index (χ0n) is 8.42. The van der Waals surface area contributed by atoms with E-state index in [0.29, 0.717) is 0 Å². The summed E-state index contributed by atoms with van der Waals surface area (Å²) in [4.78, 5) is 3.19. The van der Waals surface area contributed by atoms with Crippen LogP contribution in [0.15, 0.2) is 48.9 Å². The van der Waals surface area contributed by atoms with Crippen molar-refractivity contribution in [1.29, 1.82) is 0 Å². The average Bonchev–Trinajstić information content (AvgIpc) is 2.82. The molecule has 0 saturated carbocycles. The Hall–Kier alpha value is -1.94. The Balaban J connectivity index is 2.28. The van der Waals surface area contributed by atoms with Crippen LogP contribution in [0.1, 0.15) is 0 Å². The molecule has 1 aromatic carbocycles. The second kappa shape index (κ2) is 3.57. The minimum absolute atomic E-state index is 0.862. The zero-order valence-corrected chi connectivity index (χ0v) is 9.24. The summed E-state index contributed by atoms with van der Waals surface area (Å²) in [6.45, 7) is 0. The first-order valence-electron chi connectivity index (χ1n) is 4.96. The Morgan fingerprint density at radius 3 is 3.00 bits per heavy atom. The third-order valence-electron chi connectivity index (χ3n) is 2.51. The van der Waals surface area contributed by atoms with Crippen molar-refractivity contribution in [1.82, 2.24) is 14.8 Å². The van der Waals surface area contributed by atoms with Crippen LogP contribution in [0.2, 0.25) is 0 Å². The molecule has 0 amide bonds. The van der Waals surface area contributed by atoms with Crippen LogP contribution in [0.3, 0.4) is 0 Å². The highest BCUT2D eigenvalue weighted by molar-refractivity contribution is 7.71. The number of rotatable bonds is 1. The maximum Gasteiger partial charge on any atom is 0.0666 e. The molecule has 16 heavy (non-hydrogen) atoms. The smallest absolute Gasteiger partial charge is 0.0666 e. The Morgan fingerprint density at radius 1 is 1.25 bits per heavy atom. The minimum Gasteiger partial charge on any atom is -0.361 e. The number of H-pyrrole nitrogens is 1. The summed E-state index contributed by atoms with van der Waals surface area (Å²) in [6.07, 6.45) is 5.54. The Bertz CT molecular complexity index is 683. The van der Waals surface area contributed by atoms with Crippen molar-refractivity contribution in [3.8, 4) is 5.69 Å². The van der Waals surface area contributed by atoms with E-state index in [1.807, 2.05) is 47.4 Å². The van der Waals surface area contributed by atoms with E-state index in [9.17, 15) is 0 Å². The van der Waals surface area contributed by atoms with Crippen molar-refractivity contribution in [3.63, 3.8) is 0 Å². The first-order chi connectivity index (χ1) is 7.84. The molecule has 3 aromatic rings. The summed E-state index contributed by atoms with van der Waals surface area (Å²) in [5.41, 5.74) is 2.05. The number of hydrogen-bond donors (Lipinski definition) is 1. The maximum atomic E-state index is 5.25. The molecule has 0 unspecified atom stereocenters. The Labute approximate surface area is 97.4 Å². The first kappa shape index (κ1) is 9.30. The SMILES string of the molecule is S=c1cc[nH]c2cc(-n3cccn3)ccc12. The van der Waals surface area contributed by atoms with Gasteiger partial charge in [-0.25, -0.2) is 4.68 Å². The molecule has 2 aromatic heterocycles. The number of benzene rings is 1. The summed E-state index contributed by atoms with van der Waals surface area (Å²) < 4.78 is 2.68. The van der Waals surface area contributed by atoms with E-state index in [2.05, 4.69) is 10.1 Å². The molecule has 0 aliphatic rings. The van der Waals surface area contributed by atoms with Gasteiger partial charge in [0.1, 0.15) is 0 Å². The Morgan fingerprint density at radius 2 is 2.19 bits per heavy atom. The number of aromatic nitrogens is 3. The van der Waals surface area contributed by atoms with Gasteiger partial charge in [0.05, 0.1) is 5.69 Å². The number of fused-ring (bicyclic) bond motifs is 1. The molecule has 0 spiro atoms. The lowest BCUT2D eigenvalue weighted by molar-refractivity contribution is 0.881. The molecule has 0 fully saturated rings. The fraction of sp³-hybridized carbons (Fsp3) is 0. The summed E-state index contributed by atoms with van der Waals surface area (Å²) in [7, 11) is 0. The molecule has 3 rings (SSSR count). The second-order valence-electron chi connectivity index (χ2n) is 3.52. The van der Waals surface area contributed by atoms with Gasteiger partial charge in [-0.15, -0.1) is 0 Å². The largest absolute Gasteiger partial charge is 0.361 e. The van der Waals surface area contributed by atoms with Gasteiger partial charge in [-0.2, -0.15) is 5.10 Å². The molecule has 0 atom stereocenters. The lowest BCUT2D eigenvalue weighted by Crippen LogP contribution is -1.94. The van der Waals surface area contributed by atoms with Crippen LogP contribution in [0.4, 0.5) is 0 Å². The number of nitrogens with one attached hydrogen (secondary N) is 1. The lowest BCUT2D eigenvalue weighted by atomic mass is 10.2. The van der Waals surface area contributed by atoms with Crippen LogP contribution in [0.5, 0.6) is 0 Å². The van der Waals surface area contributed by atoms with Crippen LogP contribution in [-0.2, 0) is 0 Å². The molecule has 1 N–H and O–H groups in total. The predicted molar refractivity (Wildman–Crippen MR) is 66.3 cm³/mol. The fourth-order valence-electron chi connectivity index (χ4n) is 1.73. The van der Waals surface area contributed by atoms with Crippen molar-refractivity contribution in [2.45, 2.75) is 0 Å². The molecule has 3 nitrogen and oxygen atoms in total. The van der Waals surface area contributed by atoms with Crippen LogP contribution < -0.4 is 0 Å². The van der Waals surface area contributed by atoms with Crippen molar-refractivity contribution < 1.29 is 0 Å². The van der Waals surface area contributed by atoms with Crippen LogP contribution in [0, 0.1) is 4.51 Å². The van der Waals surface area contributed by atoms with Gasteiger partial charge < -0.3 is 4.98 Å². The quantitative estimate of drug-likeness (QED) is 0.648. The van der Waals surface area contributed by atoms with Crippen LogP contribution in [0.25, 0.3) is 16.6 Å². The van der Waals surface area contributed by atoms with E-state index in [1.54, 1.807) is 6.20 Å². The van der Waals surface area contributed by atoms with Crippen molar-refractivity contribution in [2.75, 3.05) is 0 Å². The second-order valence-corrected chi connectivity index (χ2v) is 3.96. The number of nitrogens with zero attached hydrogens (tertiary/aromatic N) is 2. The third-order valence-corrected chi connectivity index (χ3v) is 2.87. The van der Waals surface area contributed by atoms with E-state index in [0.717, 1.165) is 21.1 Å². The van der Waals surface area contributed by atoms with Gasteiger partial charge >= 0.3 is 0 Å². The summed E-state index contributed by atoms with van der Waals surface area (Å²) in [5, 5.41) is 5.26. The summed E-state index contributed by atoms with van der Waals surface area (Å²) in [6, 6.07) is 9.87. The molecular formula is C12H9N3S. The summed E-state index contributed by atoms with van der Waals surface area (Å²) >= 11 is 5.25. The highest BCUT2D eigenvalue weighted by Crippen LogP contribution is 2.17. The van der Waals surface area contributed by atoms with E-state index >= 15 is 0 Å². The zero-order chi connectivity index (χ0) is 11.0. The van der Waals surface area contributed by atoms with Crippen molar-refractivity contribution in [2.24, 2.45) is 0 Å². The third kappa shape index (κ3) is 1.44. The van der Waals surface area contributed by atoms with Gasteiger partial charge in [-0.3, -0.25) is 0 Å². The Kier molecular flexibility index (Phi) is 2.08. The van der Waals surface area contributed by atoms with E-state index in [-0.39, 0.29) is 0 Å². The molecule has 0 bridgehead atoms. The van der Waals surface area contributed by atoms with Gasteiger partial charge in [0.15, 0.2) is 0 Å². The van der Waals surface area contributed by atoms with Gasteiger partial charge in [0.25, 0.3) is 0 Å². The molecule has 0 saturated heterocycles. The van der Waals surface area contributed by atoms with E-state index < -0.39 is 0 Å². The van der Waals surface area contributed by atoms with Crippen LogP contribution in [-0.4, -0.2) is 14.8 Å². The van der Waals surface area contributed by atoms with Gasteiger partial charge in [0.2, 0.25) is 0 Å². The topological polar surface area (TPSA) is 33.6 Å². The lowest BCUT2D eigenvalue weighted by Gasteiger charge is -2.03. The molecule has 4 heteroatoms. The van der Waals surface area contributed by atoms with Gasteiger partial charge in [-0.05, 0) is 30.3 Å². The monoisotopic (exact) mass is 227 g/mol. The molecule has 0 aliphatic carbocycles. The molecule has 78 valence electrons. The highest BCUT2D eigenvalue weighted by atomic mass is 32.1. The standard InChI is InChI=1S/C12H9N3S/c16-12-4-6-13-11-8-9(2-3-10(11)12)15-7-1-5-14-15/h1-8H,(H,13,16). The molecule has 0 aliphatic heterocycles. The normalized spacial score (nSPS) is 10.8. The van der Waals surface area contributed by atoms with Gasteiger partial charge in [-0.1, -0.05) is 12.2 Å². The molecule has 0 radical (unpaired) electrons. The van der Waals surface area contributed by atoms with Crippen LogP contribution >= 0.6 is 12.2 Å². The summed E-state index contributed by atoms with van der Waals surface area (Å²) in [5.74, 6) is 0. The highest BCUT2D eigenvalue weighted by Gasteiger charge is 1.99. The molecule has 2 heterocycles. The van der Waals surface area contributed by atoms with Crippen molar-refractivity contribution >= 4 is 23.1 Å². The van der Waals surface area contributed by atoms with E-state index in [4.69, 9.17) is 12.2 Å². The first-order valence-corrected chi connectivity index (χ1v) is 5.37. The maximum absolute atomic E-state index is 5.25. The van der Waals surface area contributed by atoms with Gasteiger partial charge in [0, 0.05) is 34.0 Å². The minimum atomic E-state index is 0.862. The number of aromatic amines is 1. The number of pyridine rings is 1. The predicted octanol–water partition coefficient (Wildman–Crippen LogP) is 3.08. The fourth-order valence-corrected chi connectivity index (χ4v) is 1.97. The van der Waals surface area contributed by atoms with E-state index in [1.165, 1.54) is 0 Å².